The second kappa shape index (κ2) is 6.98. The lowest BCUT2D eigenvalue weighted by atomic mass is 9.94. The van der Waals surface area contributed by atoms with Crippen molar-refractivity contribution in [2.75, 3.05) is 12.5 Å². The van der Waals surface area contributed by atoms with Gasteiger partial charge in [0.25, 0.3) is 0 Å². The highest BCUT2D eigenvalue weighted by Crippen LogP contribution is 2.27. The Morgan fingerprint density at radius 3 is 2.90 bits per heavy atom. The van der Waals surface area contributed by atoms with Gasteiger partial charge in [0.1, 0.15) is 12.4 Å². The first-order valence-corrected chi connectivity index (χ1v) is 7.72. The summed E-state index contributed by atoms with van der Waals surface area (Å²) in [4.78, 5) is 12.4. The molecule has 0 fully saturated rings. The molecule has 110 valence electrons. The van der Waals surface area contributed by atoms with E-state index in [1.165, 1.54) is 0 Å². The summed E-state index contributed by atoms with van der Waals surface area (Å²) in [5.41, 5.74) is 1.11. The van der Waals surface area contributed by atoms with Crippen molar-refractivity contribution in [1.82, 2.24) is 5.32 Å². The highest BCUT2D eigenvalue weighted by atomic mass is 35.5. The average Bonchev–Trinajstić information content (AvgIpc) is 2.46. The van der Waals surface area contributed by atoms with Gasteiger partial charge < -0.3 is 10.1 Å². The molecule has 0 spiro atoms. The van der Waals surface area contributed by atoms with Gasteiger partial charge in [-0.15, -0.1) is 11.6 Å². The Labute approximate surface area is 125 Å². The number of rotatable bonds is 5. The molecule has 1 aromatic carbocycles. The predicted octanol–water partition coefficient (Wildman–Crippen LogP) is 3.01. The van der Waals surface area contributed by atoms with Crippen LogP contribution in [-0.2, 0) is 11.2 Å². The summed E-state index contributed by atoms with van der Waals surface area (Å²) in [6.45, 7) is 4.66. The first kappa shape index (κ1) is 15.2. The number of carbonyl (C=O) groups excluding carboxylic acids is 1. The molecule has 2 unspecified atom stereocenters. The van der Waals surface area contributed by atoms with Crippen LogP contribution in [-0.4, -0.2) is 24.4 Å². The zero-order valence-corrected chi connectivity index (χ0v) is 12.8. The molecule has 1 heterocycles. The third kappa shape index (κ3) is 3.66. The van der Waals surface area contributed by atoms with Crippen LogP contribution < -0.4 is 10.1 Å². The summed E-state index contributed by atoms with van der Waals surface area (Å²) in [6.07, 6.45) is 1.54. The van der Waals surface area contributed by atoms with Gasteiger partial charge in [-0.05, 0) is 30.4 Å². The fourth-order valence-electron chi connectivity index (χ4n) is 2.49. The molecule has 2 atom stereocenters. The van der Waals surface area contributed by atoms with Crippen molar-refractivity contribution in [3.05, 3.63) is 29.8 Å². The Kier molecular flexibility index (Phi) is 5.30. The number of ether oxygens (including phenoxy) is 1. The molecule has 0 bridgehead atoms. The third-order valence-electron chi connectivity index (χ3n) is 3.80. The molecule has 2 rings (SSSR count). The van der Waals surface area contributed by atoms with E-state index in [9.17, 15) is 4.79 Å². The quantitative estimate of drug-likeness (QED) is 0.848. The number of halogens is 1. The Bertz CT molecular complexity index is 462. The first-order valence-electron chi connectivity index (χ1n) is 7.19. The molecule has 1 amide bonds. The monoisotopic (exact) mass is 295 g/mol. The SMILES string of the molecule is CC(C)C(CCCl)NC(=O)C1COc2ccccc2C1. The molecule has 0 aromatic heterocycles. The molecular formula is C16H22ClNO2. The van der Waals surface area contributed by atoms with E-state index >= 15 is 0 Å². The van der Waals surface area contributed by atoms with Gasteiger partial charge in [-0.2, -0.15) is 0 Å². The average molecular weight is 296 g/mol. The van der Waals surface area contributed by atoms with Crippen LogP contribution in [0.3, 0.4) is 0 Å². The van der Waals surface area contributed by atoms with Gasteiger partial charge in [-0.3, -0.25) is 4.79 Å². The van der Waals surface area contributed by atoms with Gasteiger partial charge in [0.15, 0.2) is 0 Å². The van der Waals surface area contributed by atoms with Crippen molar-refractivity contribution < 1.29 is 9.53 Å². The number of nitrogens with one attached hydrogen (secondary N) is 1. The molecule has 3 nitrogen and oxygen atoms in total. The van der Waals surface area contributed by atoms with Crippen molar-refractivity contribution in [3.63, 3.8) is 0 Å². The molecule has 1 aliphatic heterocycles. The van der Waals surface area contributed by atoms with Gasteiger partial charge in [0.2, 0.25) is 5.91 Å². The molecule has 0 saturated carbocycles. The third-order valence-corrected chi connectivity index (χ3v) is 4.02. The normalized spacial score (nSPS) is 19.1. The van der Waals surface area contributed by atoms with Gasteiger partial charge in [0, 0.05) is 11.9 Å². The lowest BCUT2D eigenvalue weighted by molar-refractivity contribution is -0.127. The molecule has 1 aliphatic rings. The van der Waals surface area contributed by atoms with E-state index < -0.39 is 0 Å². The van der Waals surface area contributed by atoms with Crippen LogP contribution in [0.25, 0.3) is 0 Å². The summed E-state index contributed by atoms with van der Waals surface area (Å²) >= 11 is 5.80. The second-order valence-electron chi connectivity index (χ2n) is 5.66. The lowest BCUT2D eigenvalue weighted by Crippen LogP contribution is -2.45. The zero-order chi connectivity index (χ0) is 14.5. The van der Waals surface area contributed by atoms with E-state index in [1.807, 2.05) is 24.3 Å². The zero-order valence-electron chi connectivity index (χ0n) is 12.1. The maximum atomic E-state index is 12.4. The van der Waals surface area contributed by atoms with Gasteiger partial charge in [0.05, 0.1) is 5.92 Å². The van der Waals surface area contributed by atoms with E-state index in [1.54, 1.807) is 0 Å². The molecule has 4 heteroatoms. The molecule has 0 saturated heterocycles. The molecule has 1 aromatic rings. The number of amides is 1. The number of hydrogen-bond acceptors (Lipinski definition) is 2. The Morgan fingerprint density at radius 1 is 1.45 bits per heavy atom. The predicted molar refractivity (Wildman–Crippen MR) is 81.2 cm³/mol. The van der Waals surface area contributed by atoms with Crippen molar-refractivity contribution in [1.29, 1.82) is 0 Å². The highest BCUT2D eigenvalue weighted by molar-refractivity contribution is 6.17. The van der Waals surface area contributed by atoms with Crippen LogP contribution >= 0.6 is 11.6 Å². The fraction of sp³-hybridized carbons (Fsp3) is 0.562. The Balaban J connectivity index is 1.97. The van der Waals surface area contributed by atoms with Crippen LogP contribution in [0, 0.1) is 11.8 Å². The number of alkyl halides is 1. The van der Waals surface area contributed by atoms with E-state index in [2.05, 4.69) is 19.2 Å². The van der Waals surface area contributed by atoms with Gasteiger partial charge in [-0.1, -0.05) is 32.0 Å². The van der Waals surface area contributed by atoms with Crippen LogP contribution in [0.4, 0.5) is 0 Å². The van der Waals surface area contributed by atoms with E-state index in [0.717, 1.165) is 24.2 Å². The molecule has 0 aliphatic carbocycles. The minimum atomic E-state index is -0.110. The summed E-state index contributed by atoms with van der Waals surface area (Å²) in [7, 11) is 0. The molecule has 0 radical (unpaired) electrons. The summed E-state index contributed by atoms with van der Waals surface area (Å²) in [5.74, 6) is 1.81. The first-order chi connectivity index (χ1) is 9.61. The second-order valence-corrected chi connectivity index (χ2v) is 6.03. The van der Waals surface area contributed by atoms with Crippen LogP contribution in [0.2, 0.25) is 0 Å². The lowest BCUT2D eigenvalue weighted by Gasteiger charge is -2.28. The van der Waals surface area contributed by atoms with Crippen molar-refractivity contribution in [2.24, 2.45) is 11.8 Å². The fourth-order valence-corrected chi connectivity index (χ4v) is 2.72. The maximum absolute atomic E-state index is 12.4. The topological polar surface area (TPSA) is 38.3 Å². The number of carbonyl (C=O) groups is 1. The Morgan fingerprint density at radius 2 is 2.20 bits per heavy atom. The van der Waals surface area contributed by atoms with Crippen molar-refractivity contribution in [2.45, 2.75) is 32.7 Å². The van der Waals surface area contributed by atoms with Crippen molar-refractivity contribution in [3.8, 4) is 5.75 Å². The van der Waals surface area contributed by atoms with Crippen LogP contribution in [0.5, 0.6) is 5.75 Å². The van der Waals surface area contributed by atoms with Gasteiger partial charge >= 0.3 is 0 Å². The summed E-state index contributed by atoms with van der Waals surface area (Å²) < 4.78 is 5.67. The number of hydrogen-bond donors (Lipinski definition) is 1. The van der Waals surface area contributed by atoms with E-state index in [4.69, 9.17) is 16.3 Å². The Hall–Kier alpha value is -1.22. The summed E-state index contributed by atoms with van der Waals surface area (Å²) in [5, 5.41) is 3.11. The van der Waals surface area contributed by atoms with Gasteiger partial charge in [-0.25, -0.2) is 0 Å². The minimum absolute atomic E-state index is 0.0725. The maximum Gasteiger partial charge on any atom is 0.227 e. The number of para-hydroxylation sites is 1. The molecule has 1 N–H and O–H groups in total. The molecular weight excluding hydrogens is 274 g/mol. The number of benzene rings is 1. The van der Waals surface area contributed by atoms with E-state index in [0.29, 0.717) is 18.4 Å². The highest BCUT2D eigenvalue weighted by Gasteiger charge is 2.27. The smallest absolute Gasteiger partial charge is 0.227 e. The molecule has 20 heavy (non-hydrogen) atoms. The van der Waals surface area contributed by atoms with Crippen LogP contribution in [0.15, 0.2) is 24.3 Å². The van der Waals surface area contributed by atoms with Crippen LogP contribution in [0.1, 0.15) is 25.8 Å². The minimum Gasteiger partial charge on any atom is -0.492 e. The summed E-state index contributed by atoms with van der Waals surface area (Å²) in [6, 6.07) is 8.04. The van der Waals surface area contributed by atoms with Crippen molar-refractivity contribution >= 4 is 17.5 Å². The standard InChI is InChI=1S/C16H22ClNO2/c1-11(2)14(7-8-17)18-16(19)13-9-12-5-3-4-6-15(12)20-10-13/h3-6,11,13-14H,7-10H2,1-2H3,(H,18,19). The largest absolute Gasteiger partial charge is 0.492 e. The number of fused-ring (bicyclic) bond motifs is 1. The van der Waals surface area contributed by atoms with E-state index in [-0.39, 0.29) is 17.9 Å².